The Kier molecular flexibility index (Phi) is 2.90. The van der Waals surface area contributed by atoms with E-state index in [0.29, 0.717) is 12.5 Å². The molecule has 1 fully saturated rings. The van der Waals surface area contributed by atoms with Crippen LogP contribution in [0, 0.1) is 11.6 Å². The van der Waals surface area contributed by atoms with Crippen LogP contribution >= 0.6 is 0 Å². The van der Waals surface area contributed by atoms with Crippen molar-refractivity contribution in [2.75, 3.05) is 18.0 Å². The number of hydrogen-bond acceptors (Lipinski definition) is 4. The van der Waals surface area contributed by atoms with Gasteiger partial charge in [-0.1, -0.05) is 6.07 Å². The third-order valence-corrected chi connectivity index (χ3v) is 3.19. The fourth-order valence-corrected chi connectivity index (χ4v) is 2.17. The predicted molar refractivity (Wildman–Crippen MR) is 66.5 cm³/mol. The van der Waals surface area contributed by atoms with Gasteiger partial charge in [-0.25, -0.2) is 8.78 Å². The Morgan fingerprint density at radius 1 is 1.37 bits per heavy atom. The van der Waals surface area contributed by atoms with Crippen molar-refractivity contribution in [2.24, 2.45) is 5.73 Å². The average Bonchev–Trinajstić information content (AvgIpc) is 3.01. The number of rotatable bonds is 2. The highest BCUT2D eigenvalue weighted by Gasteiger charge is 2.23. The van der Waals surface area contributed by atoms with Crippen LogP contribution in [0.25, 0.3) is 11.4 Å². The van der Waals surface area contributed by atoms with Crippen LogP contribution in [0.5, 0.6) is 0 Å². The quantitative estimate of drug-likeness (QED) is 0.858. The smallest absolute Gasteiger partial charge is 0.245 e. The zero-order chi connectivity index (χ0) is 13.4. The van der Waals surface area contributed by atoms with Gasteiger partial charge >= 0.3 is 0 Å². The van der Waals surface area contributed by atoms with Gasteiger partial charge in [-0.15, -0.1) is 5.10 Å². The minimum atomic E-state index is -0.927. The van der Waals surface area contributed by atoms with Crippen molar-refractivity contribution in [1.29, 1.82) is 0 Å². The molecule has 1 aromatic heterocycles. The molecule has 1 aromatic carbocycles. The summed E-state index contributed by atoms with van der Waals surface area (Å²) in [6, 6.07) is 4.06. The first-order valence-corrected chi connectivity index (χ1v) is 6.02. The summed E-state index contributed by atoms with van der Waals surface area (Å²) < 4.78 is 26.8. The maximum absolute atomic E-state index is 13.6. The molecule has 0 aliphatic carbocycles. The SMILES string of the molecule is NC1CCN(c2n[nH]c(-c3cccc(F)c3F)n2)C1. The predicted octanol–water partition coefficient (Wildman–Crippen LogP) is 1.29. The summed E-state index contributed by atoms with van der Waals surface area (Å²) in [6.07, 6.45) is 0.873. The summed E-state index contributed by atoms with van der Waals surface area (Å²) in [5.74, 6) is -1.15. The molecular weight excluding hydrogens is 252 g/mol. The van der Waals surface area contributed by atoms with E-state index in [-0.39, 0.29) is 17.4 Å². The minimum Gasteiger partial charge on any atom is -0.338 e. The maximum atomic E-state index is 13.6. The summed E-state index contributed by atoms with van der Waals surface area (Å²) >= 11 is 0. The lowest BCUT2D eigenvalue weighted by Gasteiger charge is -2.11. The van der Waals surface area contributed by atoms with Crippen molar-refractivity contribution in [3.05, 3.63) is 29.8 Å². The molecule has 7 heteroatoms. The van der Waals surface area contributed by atoms with Gasteiger partial charge < -0.3 is 10.6 Å². The van der Waals surface area contributed by atoms with Gasteiger partial charge in [0.1, 0.15) is 0 Å². The zero-order valence-corrected chi connectivity index (χ0v) is 10.1. The normalized spacial score (nSPS) is 19.1. The first kappa shape index (κ1) is 12.0. The van der Waals surface area contributed by atoms with Gasteiger partial charge in [-0.3, -0.25) is 5.10 Å². The molecule has 0 spiro atoms. The topological polar surface area (TPSA) is 70.8 Å². The molecule has 1 saturated heterocycles. The maximum Gasteiger partial charge on any atom is 0.245 e. The van der Waals surface area contributed by atoms with Crippen LogP contribution in [0.1, 0.15) is 6.42 Å². The Balaban J connectivity index is 1.91. The summed E-state index contributed by atoms with van der Waals surface area (Å²) in [6.45, 7) is 1.44. The van der Waals surface area contributed by atoms with Crippen LogP contribution in [-0.4, -0.2) is 34.3 Å². The van der Waals surface area contributed by atoms with Crippen LogP contribution in [0.2, 0.25) is 0 Å². The van der Waals surface area contributed by atoms with E-state index in [1.807, 2.05) is 4.90 Å². The lowest BCUT2D eigenvalue weighted by Crippen LogP contribution is -2.26. The third-order valence-electron chi connectivity index (χ3n) is 3.19. The molecule has 2 heterocycles. The van der Waals surface area contributed by atoms with E-state index in [1.54, 1.807) is 0 Å². The second kappa shape index (κ2) is 4.58. The van der Waals surface area contributed by atoms with Crippen LogP contribution in [0.3, 0.4) is 0 Å². The molecule has 3 rings (SSSR count). The standard InChI is InChI=1S/C12H13F2N5/c13-9-3-1-2-8(10(9)14)11-16-12(18-17-11)19-5-4-7(15)6-19/h1-3,7H,4-6,15H2,(H,16,17,18). The first-order chi connectivity index (χ1) is 9.15. The van der Waals surface area contributed by atoms with Gasteiger partial charge in [-0.05, 0) is 18.6 Å². The number of anilines is 1. The monoisotopic (exact) mass is 265 g/mol. The summed E-state index contributed by atoms with van der Waals surface area (Å²) in [4.78, 5) is 6.11. The minimum absolute atomic E-state index is 0.0715. The van der Waals surface area contributed by atoms with Crippen LogP contribution in [0.4, 0.5) is 14.7 Å². The largest absolute Gasteiger partial charge is 0.338 e. The number of aromatic nitrogens is 3. The molecule has 0 bridgehead atoms. The van der Waals surface area contributed by atoms with E-state index < -0.39 is 11.6 Å². The fraction of sp³-hybridized carbons (Fsp3) is 0.333. The third kappa shape index (κ3) is 2.17. The van der Waals surface area contributed by atoms with Gasteiger partial charge in [0, 0.05) is 19.1 Å². The number of H-pyrrole nitrogens is 1. The highest BCUT2D eigenvalue weighted by molar-refractivity contribution is 5.57. The number of aromatic amines is 1. The Hall–Kier alpha value is -2.02. The lowest BCUT2D eigenvalue weighted by atomic mass is 10.2. The van der Waals surface area contributed by atoms with E-state index in [2.05, 4.69) is 15.2 Å². The average molecular weight is 265 g/mol. The number of halogens is 2. The molecule has 0 amide bonds. The Labute approximate surface area is 108 Å². The van der Waals surface area contributed by atoms with Crippen molar-refractivity contribution in [3.63, 3.8) is 0 Å². The molecule has 3 N–H and O–H groups in total. The van der Waals surface area contributed by atoms with Crippen molar-refractivity contribution in [1.82, 2.24) is 15.2 Å². The van der Waals surface area contributed by atoms with Crippen molar-refractivity contribution in [2.45, 2.75) is 12.5 Å². The zero-order valence-electron chi connectivity index (χ0n) is 10.1. The molecular formula is C12H13F2N5. The Bertz CT molecular complexity index is 598. The van der Waals surface area contributed by atoms with E-state index >= 15 is 0 Å². The molecule has 1 aliphatic heterocycles. The first-order valence-electron chi connectivity index (χ1n) is 6.02. The molecule has 0 radical (unpaired) electrons. The van der Waals surface area contributed by atoms with Gasteiger partial charge in [0.15, 0.2) is 17.5 Å². The molecule has 19 heavy (non-hydrogen) atoms. The van der Waals surface area contributed by atoms with Gasteiger partial charge in [0.05, 0.1) is 5.56 Å². The molecule has 2 aromatic rings. The summed E-state index contributed by atoms with van der Waals surface area (Å²) in [5.41, 5.74) is 5.88. The van der Waals surface area contributed by atoms with Gasteiger partial charge in [0.25, 0.3) is 0 Å². The number of nitrogens with zero attached hydrogens (tertiary/aromatic N) is 3. The second-order valence-electron chi connectivity index (χ2n) is 4.58. The number of benzene rings is 1. The van der Waals surface area contributed by atoms with Crippen LogP contribution in [-0.2, 0) is 0 Å². The summed E-state index contributed by atoms with van der Waals surface area (Å²) in [5, 5.41) is 6.66. The highest BCUT2D eigenvalue weighted by atomic mass is 19.2. The fourth-order valence-electron chi connectivity index (χ4n) is 2.17. The highest BCUT2D eigenvalue weighted by Crippen LogP contribution is 2.23. The molecule has 1 atom stereocenters. The molecule has 1 aliphatic rings. The summed E-state index contributed by atoms with van der Waals surface area (Å²) in [7, 11) is 0. The number of hydrogen-bond donors (Lipinski definition) is 2. The Morgan fingerprint density at radius 2 is 2.21 bits per heavy atom. The number of nitrogens with two attached hydrogens (primary N) is 1. The van der Waals surface area contributed by atoms with Crippen LogP contribution < -0.4 is 10.6 Å². The molecule has 1 unspecified atom stereocenters. The van der Waals surface area contributed by atoms with Gasteiger partial charge in [-0.2, -0.15) is 4.98 Å². The van der Waals surface area contributed by atoms with Crippen molar-refractivity contribution in [3.8, 4) is 11.4 Å². The second-order valence-corrected chi connectivity index (χ2v) is 4.58. The van der Waals surface area contributed by atoms with E-state index in [4.69, 9.17) is 5.73 Å². The van der Waals surface area contributed by atoms with E-state index in [1.165, 1.54) is 12.1 Å². The van der Waals surface area contributed by atoms with Crippen LogP contribution in [0.15, 0.2) is 18.2 Å². The van der Waals surface area contributed by atoms with Gasteiger partial charge in [0.2, 0.25) is 5.95 Å². The molecule has 100 valence electrons. The van der Waals surface area contributed by atoms with Crippen molar-refractivity contribution < 1.29 is 8.78 Å². The van der Waals surface area contributed by atoms with Crippen molar-refractivity contribution >= 4 is 5.95 Å². The molecule has 0 saturated carbocycles. The molecule has 5 nitrogen and oxygen atoms in total. The number of nitrogens with one attached hydrogen (secondary N) is 1. The van der Waals surface area contributed by atoms with E-state index in [0.717, 1.165) is 19.0 Å². The Morgan fingerprint density at radius 3 is 2.95 bits per heavy atom. The lowest BCUT2D eigenvalue weighted by molar-refractivity contribution is 0.510. The van der Waals surface area contributed by atoms with E-state index in [9.17, 15) is 8.78 Å².